The van der Waals surface area contributed by atoms with E-state index in [1.807, 2.05) is 0 Å². The van der Waals surface area contributed by atoms with Crippen molar-refractivity contribution in [3.8, 4) is 0 Å². The largest absolute Gasteiger partial charge is 0.481 e. The molecule has 0 saturated carbocycles. The van der Waals surface area contributed by atoms with Gasteiger partial charge in [-0.05, 0) is 33.3 Å². The third-order valence-corrected chi connectivity index (χ3v) is 3.30. The molecule has 0 aliphatic carbocycles. The summed E-state index contributed by atoms with van der Waals surface area (Å²) in [5.41, 5.74) is 2.48. The number of carboxylic acids is 1. The SMILES string of the molecule is Cc1ccc(C(C)N(CCC(=O)O)C(C)C)cc1. The Kier molecular flexibility index (Phi) is 5.35. The van der Waals surface area contributed by atoms with Crippen LogP contribution >= 0.6 is 0 Å². The van der Waals surface area contributed by atoms with E-state index < -0.39 is 5.97 Å². The van der Waals surface area contributed by atoms with Crippen molar-refractivity contribution in [3.05, 3.63) is 35.4 Å². The van der Waals surface area contributed by atoms with E-state index in [9.17, 15) is 4.79 Å². The second-order valence-electron chi connectivity index (χ2n) is 5.06. The van der Waals surface area contributed by atoms with Crippen molar-refractivity contribution < 1.29 is 9.90 Å². The molecule has 1 aromatic rings. The highest BCUT2D eigenvalue weighted by molar-refractivity contribution is 5.66. The van der Waals surface area contributed by atoms with Crippen molar-refractivity contribution in [3.63, 3.8) is 0 Å². The summed E-state index contributed by atoms with van der Waals surface area (Å²) in [6.45, 7) is 8.99. The first-order chi connectivity index (χ1) is 8.41. The number of aryl methyl sites for hydroxylation is 1. The Balaban J connectivity index is 2.78. The van der Waals surface area contributed by atoms with Crippen LogP contribution in [0.15, 0.2) is 24.3 Å². The number of carbonyl (C=O) groups is 1. The topological polar surface area (TPSA) is 40.5 Å². The Morgan fingerprint density at radius 3 is 2.22 bits per heavy atom. The molecular formula is C15H23NO2. The third kappa shape index (κ3) is 4.15. The summed E-state index contributed by atoms with van der Waals surface area (Å²) in [6.07, 6.45) is 0.189. The predicted octanol–water partition coefficient (Wildman–Crippen LogP) is 3.24. The van der Waals surface area contributed by atoms with Gasteiger partial charge in [0.1, 0.15) is 0 Å². The van der Waals surface area contributed by atoms with Gasteiger partial charge in [0, 0.05) is 18.6 Å². The molecule has 0 aromatic heterocycles. The molecule has 1 N–H and O–H groups in total. The molecule has 3 nitrogen and oxygen atoms in total. The van der Waals surface area contributed by atoms with Crippen LogP contribution in [0.25, 0.3) is 0 Å². The van der Waals surface area contributed by atoms with Crippen molar-refractivity contribution >= 4 is 5.97 Å². The fourth-order valence-corrected chi connectivity index (χ4v) is 2.16. The zero-order valence-corrected chi connectivity index (χ0v) is 11.7. The monoisotopic (exact) mass is 249 g/mol. The fraction of sp³-hybridized carbons (Fsp3) is 0.533. The second kappa shape index (κ2) is 6.55. The lowest BCUT2D eigenvalue weighted by Crippen LogP contribution is -2.35. The van der Waals surface area contributed by atoms with Gasteiger partial charge in [-0.25, -0.2) is 0 Å². The van der Waals surface area contributed by atoms with Gasteiger partial charge in [-0.2, -0.15) is 0 Å². The molecule has 100 valence electrons. The van der Waals surface area contributed by atoms with Gasteiger partial charge in [-0.15, -0.1) is 0 Å². The summed E-state index contributed by atoms with van der Waals surface area (Å²) in [5, 5.41) is 8.81. The summed E-state index contributed by atoms with van der Waals surface area (Å²) in [6, 6.07) is 9.01. The molecule has 0 heterocycles. The van der Waals surface area contributed by atoms with E-state index in [2.05, 4.69) is 56.9 Å². The molecule has 1 unspecified atom stereocenters. The number of aliphatic carboxylic acids is 1. The van der Waals surface area contributed by atoms with Crippen LogP contribution in [0.5, 0.6) is 0 Å². The van der Waals surface area contributed by atoms with Crippen LogP contribution in [0.4, 0.5) is 0 Å². The Labute approximate surface area is 109 Å². The minimum atomic E-state index is -0.739. The first-order valence-corrected chi connectivity index (χ1v) is 6.46. The first kappa shape index (κ1) is 14.7. The molecule has 0 amide bonds. The van der Waals surface area contributed by atoms with Gasteiger partial charge in [-0.1, -0.05) is 29.8 Å². The van der Waals surface area contributed by atoms with E-state index in [0.29, 0.717) is 12.6 Å². The van der Waals surface area contributed by atoms with E-state index >= 15 is 0 Å². The van der Waals surface area contributed by atoms with E-state index in [1.54, 1.807) is 0 Å². The molecule has 0 bridgehead atoms. The maximum absolute atomic E-state index is 10.7. The molecule has 3 heteroatoms. The van der Waals surface area contributed by atoms with Crippen molar-refractivity contribution in [2.45, 2.75) is 46.2 Å². The number of nitrogens with zero attached hydrogens (tertiary/aromatic N) is 1. The lowest BCUT2D eigenvalue weighted by Gasteiger charge is -2.32. The van der Waals surface area contributed by atoms with Gasteiger partial charge in [-0.3, -0.25) is 9.69 Å². The Morgan fingerprint density at radius 1 is 1.22 bits per heavy atom. The summed E-state index contributed by atoms with van der Waals surface area (Å²) in [4.78, 5) is 12.9. The average molecular weight is 249 g/mol. The smallest absolute Gasteiger partial charge is 0.304 e. The number of benzene rings is 1. The maximum Gasteiger partial charge on any atom is 0.304 e. The standard InChI is InChI=1S/C15H23NO2/c1-11(2)16(10-9-15(17)18)13(4)14-7-5-12(3)6-8-14/h5-8,11,13H,9-10H2,1-4H3,(H,17,18). The number of hydrogen-bond acceptors (Lipinski definition) is 2. The zero-order valence-electron chi connectivity index (χ0n) is 11.7. The molecule has 0 fully saturated rings. The van der Waals surface area contributed by atoms with E-state index in [1.165, 1.54) is 11.1 Å². The highest BCUT2D eigenvalue weighted by Gasteiger charge is 2.19. The van der Waals surface area contributed by atoms with Crippen LogP contribution in [-0.4, -0.2) is 28.6 Å². The molecule has 1 aromatic carbocycles. The normalized spacial score (nSPS) is 13.0. The summed E-state index contributed by atoms with van der Waals surface area (Å²) >= 11 is 0. The van der Waals surface area contributed by atoms with Gasteiger partial charge < -0.3 is 5.11 Å². The highest BCUT2D eigenvalue weighted by atomic mass is 16.4. The van der Waals surface area contributed by atoms with Gasteiger partial charge in [0.05, 0.1) is 6.42 Å². The zero-order chi connectivity index (χ0) is 13.7. The minimum absolute atomic E-state index is 0.189. The van der Waals surface area contributed by atoms with Crippen molar-refractivity contribution in [2.75, 3.05) is 6.54 Å². The molecular weight excluding hydrogens is 226 g/mol. The predicted molar refractivity (Wildman–Crippen MR) is 73.7 cm³/mol. The van der Waals surface area contributed by atoms with Gasteiger partial charge in [0.25, 0.3) is 0 Å². The molecule has 1 rings (SSSR count). The Hall–Kier alpha value is -1.35. The Bertz CT molecular complexity index is 384. The minimum Gasteiger partial charge on any atom is -0.481 e. The lowest BCUT2D eigenvalue weighted by atomic mass is 10.0. The Morgan fingerprint density at radius 2 is 1.78 bits per heavy atom. The van der Waals surface area contributed by atoms with Crippen LogP contribution in [0.2, 0.25) is 0 Å². The fourth-order valence-electron chi connectivity index (χ4n) is 2.16. The molecule has 0 radical (unpaired) electrons. The lowest BCUT2D eigenvalue weighted by molar-refractivity contribution is -0.137. The number of carboxylic acid groups (broad SMARTS) is 1. The molecule has 0 aliphatic heterocycles. The molecule has 0 saturated heterocycles. The molecule has 0 spiro atoms. The maximum atomic E-state index is 10.7. The summed E-state index contributed by atoms with van der Waals surface area (Å²) in [5.74, 6) is -0.739. The second-order valence-corrected chi connectivity index (χ2v) is 5.06. The van der Waals surface area contributed by atoms with Crippen molar-refractivity contribution in [1.29, 1.82) is 0 Å². The van der Waals surface area contributed by atoms with E-state index in [0.717, 1.165) is 0 Å². The summed E-state index contributed by atoms with van der Waals surface area (Å²) < 4.78 is 0. The quantitative estimate of drug-likeness (QED) is 0.841. The van der Waals surface area contributed by atoms with Crippen LogP contribution in [0, 0.1) is 6.92 Å². The van der Waals surface area contributed by atoms with Crippen LogP contribution in [-0.2, 0) is 4.79 Å². The van der Waals surface area contributed by atoms with Gasteiger partial charge in [0.2, 0.25) is 0 Å². The summed E-state index contributed by atoms with van der Waals surface area (Å²) in [7, 11) is 0. The van der Waals surface area contributed by atoms with Crippen LogP contribution in [0.1, 0.15) is 44.4 Å². The van der Waals surface area contributed by atoms with Crippen molar-refractivity contribution in [1.82, 2.24) is 4.90 Å². The third-order valence-electron chi connectivity index (χ3n) is 3.30. The average Bonchev–Trinajstić information content (AvgIpc) is 2.29. The van der Waals surface area contributed by atoms with E-state index in [4.69, 9.17) is 5.11 Å². The van der Waals surface area contributed by atoms with Crippen LogP contribution in [0.3, 0.4) is 0 Å². The number of hydrogen-bond donors (Lipinski definition) is 1. The van der Waals surface area contributed by atoms with E-state index in [-0.39, 0.29) is 12.5 Å². The van der Waals surface area contributed by atoms with Gasteiger partial charge >= 0.3 is 5.97 Å². The number of rotatable bonds is 6. The van der Waals surface area contributed by atoms with Crippen molar-refractivity contribution in [2.24, 2.45) is 0 Å². The molecule has 0 aliphatic rings. The van der Waals surface area contributed by atoms with Crippen LogP contribution < -0.4 is 0 Å². The first-order valence-electron chi connectivity index (χ1n) is 6.46. The van der Waals surface area contributed by atoms with Gasteiger partial charge in [0.15, 0.2) is 0 Å². The molecule has 1 atom stereocenters. The highest BCUT2D eigenvalue weighted by Crippen LogP contribution is 2.23. The molecule has 18 heavy (non-hydrogen) atoms.